The second-order valence-corrected chi connectivity index (χ2v) is 4.61. The van der Waals surface area contributed by atoms with Gasteiger partial charge in [0.15, 0.2) is 0 Å². The van der Waals surface area contributed by atoms with Crippen molar-refractivity contribution in [2.75, 3.05) is 26.7 Å². The van der Waals surface area contributed by atoms with Gasteiger partial charge in [0.05, 0.1) is 13.7 Å². The van der Waals surface area contributed by atoms with Crippen molar-refractivity contribution in [1.82, 2.24) is 10.2 Å². The SMILES string of the molecule is CCNC(=O)CN(CC)Cc1ccc(CN)c(OC)c1. The number of ether oxygens (including phenoxy) is 1. The molecule has 0 atom stereocenters. The second-order valence-electron chi connectivity index (χ2n) is 4.61. The lowest BCUT2D eigenvalue weighted by molar-refractivity contribution is -0.122. The van der Waals surface area contributed by atoms with Crippen LogP contribution in [-0.4, -0.2) is 37.6 Å². The zero-order valence-electron chi connectivity index (χ0n) is 12.6. The van der Waals surface area contributed by atoms with Crippen LogP contribution < -0.4 is 15.8 Å². The van der Waals surface area contributed by atoms with Crippen molar-refractivity contribution in [1.29, 1.82) is 0 Å². The Morgan fingerprint density at radius 2 is 2.15 bits per heavy atom. The van der Waals surface area contributed by atoms with Crippen LogP contribution in [0.25, 0.3) is 0 Å². The lowest BCUT2D eigenvalue weighted by Crippen LogP contribution is -2.36. The van der Waals surface area contributed by atoms with E-state index in [-0.39, 0.29) is 5.91 Å². The lowest BCUT2D eigenvalue weighted by atomic mass is 10.1. The van der Waals surface area contributed by atoms with Crippen LogP contribution in [-0.2, 0) is 17.9 Å². The number of hydrogen-bond donors (Lipinski definition) is 2. The van der Waals surface area contributed by atoms with Crippen molar-refractivity contribution in [2.24, 2.45) is 5.73 Å². The van der Waals surface area contributed by atoms with Gasteiger partial charge in [-0.3, -0.25) is 9.69 Å². The molecule has 0 saturated carbocycles. The molecule has 1 aromatic carbocycles. The summed E-state index contributed by atoms with van der Waals surface area (Å²) in [6, 6.07) is 6.00. The molecule has 0 unspecified atom stereocenters. The third-order valence-corrected chi connectivity index (χ3v) is 3.17. The van der Waals surface area contributed by atoms with Crippen LogP contribution in [0.15, 0.2) is 18.2 Å². The Balaban J connectivity index is 2.72. The molecule has 0 saturated heterocycles. The summed E-state index contributed by atoms with van der Waals surface area (Å²) in [4.78, 5) is 13.7. The van der Waals surface area contributed by atoms with Crippen molar-refractivity contribution < 1.29 is 9.53 Å². The maximum atomic E-state index is 11.6. The average Bonchev–Trinajstić information content (AvgIpc) is 2.46. The summed E-state index contributed by atoms with van der Waals surface area (Å²) in [6.07, 6.45) is 0. The highest BCUT2D eigenvalue weighted by atomic mass is 16.5. The molecule has 0 aliphatic carbocycles. The molecular formula is C15H25N3O2. The quantitative estimate of drug-likeness (QED) is 0.748. The van der Waals surface area contributed by atoms with Gasteiger partial charge in [0.1, 0.15) is 5.75 Å². The first-order valence-electron chi connectivity index (χ1n) is 6.99. The molecule has 20 heavy (non-hydrogen) atoms. The summed E-state index contributed by atoms with van der Waals surface area (Å²) in [7, 11) is 1.64. The van der Waals surface area contributed by atoms with E-state index in [0.717, 1.165) is 30.0 Å². The number of hydrogen-bond acceptors (Lipinski definition) is 4. The van der Waals surface area contributed by atoms with Gasteiger partial charge in [0.25, 0.3) is 0 Å². The van der Waals surface area contributed by atoms with E-state index >= 15 is 0 Å². The van der Waals surface area contributed by atoms with Crippen LogP contribution in [0.1, 0.15) is 25.0 Å². The summed E-state index contributed by atoms with van der Waals surface area (Å²) in [5, 5.41) is 2.82. The van der Waals surface area contributed by atoms with Crippen molar-refractivity contribution in [3.8, 4) is 5.75 Å². The van der Waals surface area contributed by atoms with E-state index in [1.165, 1.54) is 0 Å². The van der Waals surface area contributed by atoms with Crippen LogP contribution in [0, 0.1) is 0 Å². The molecular weight excluding hydrogens is 254 g/mol. The molecule has 3 N–H and O–H groups in total. The van der Waals surface area contributed by atoms with Crippen molar-refractivity contribution in [3.05, 3.63) is 29.3 Å². The number of nitrogens with zero attached hydrogens (tertiary/aromatic N) is 1. The van der Waals surface area contributed by atoms with E-state index in [2.05, 4.69) is 10.2 Å². The molecule has 0 bridgehead atoms. The maximum absolute atomic E-state index is 11.6. The number of nitrogens with one attached hydrogen (secondary N) is 1. The van der Waals surface area contributed by atoms with Crippen LogP contribution in [0.2, 0.25) is 0 Å². The van der Waals surface area contributed by atoms with Crippen molar-refractivity contribution in [3.63, 3.8) is 0 Å². The number of nitrogens with two attached hydrogens (primary N) is 1. The van der Waals surface area contributed by atoms with Gasteiger partial charge in [-0.05, 0) is 25.1 Å². The number of carbonyl (C=O) groups is 1. The molecule has 0 aliphatic heterocycles. The fourth-order valence-electron chi connectivity index (χ4n) is 2.05. The van der Waals surface area contributed by atoms with E-state index < -0.39 is 0 Å². The molecule has 0 fully saturated rings. The Labute approximate surface area is 121 Å². The minimum Gasteiger partial charge on any atom is -0.496 e. The Morgan fingerprint density at radius 3 is 2.70 bits per heavy atom. The predicted octanol–water partition coefficient (Wildman–Crippen LogP) is 1.11. The van der Waals surface area contributed by atoms with Gasteiger partial charge in [-0.25, -0.2) is 0 Å². The van der Waals surface area contributed by atoms with Crippen LogP contribution in [0.3, 0.4) is 0 Å². The zero-order valence-corrected chi connectivity index (χ0v) is 12.6. The molecule has 1 amide bonds. The Hall–Kier alpha value is -1.59. The zero-order chi connectivity index (χ0) is 15.0. The monoisotopic (exact) mass is 279 g/mol. The average molecular weight is 279 g/mol. The number of rotatable bonds is 8. The normalized spacial score (nSPS) is 10.7. The molecule has 0 aromatic heterocycles. The maximum Gasteiger partial charge on any atom is 0.234 e. The molecule has 0 aliphatic rings. The van der Waals surface area contributed by atoms with Gasteiger partial charge in [-0.1, -0.05) is 19.1 Å². The summed E-state index contributed by atoms with van der Waals surface area (Å²) in [5.74, 6) is 0.860. The molecule has 1 rings (SSSR count). The third-order valence-electron chi connectivity index (χ3n) is 3.17. The number of carbonyl (C=O) groups excluding carboxylic acids is 1. The summed E-state index contributed by atoms with van der Waals surface area (Å²) < 4.78 is 5.33. The summed E-state index contributed by atoms with van der Waals surface area (Å²) in [6.45, 7) is 7.03. The molecule has 0 radical (unpaired) electrons. The first-order valence-corrected chi connectivity index (χ1v) is 6.99. The fraction of sp³-hybridized carbons (Fsp3) is 0.533. The van der Waals surface area contributed by atoms with E-state index in [1.54, 1.807) is 7.11 Å². The predicted molar refractivity (Wildman–Crippen MR) is 80.5 cm³/mol. The molecule has 0 spiro atoms. The van der Waals surface area contributed by atoms with E-state index in [0.29, 0.717) is 19.6 Å². The van der Waals surface area contributed by atoms with Gasteiger partial charge in [-0.15, -0.1) is 0 Å². The molecule has 112 valence electrons. The minimum atomic E-state index is 0.0555. The fourth-order valence-corrected chi connectivity index (χ4v) is 2.05. The number of likely N-dealkylation sites (N-methyl/N-ethyl adjacent to an activating group) is 2. The Kier molecular flexibility index (Phi) is 7.04. The second kappa shape index (κ2) is 8.55. The van der Waals surface area contributed by atoms with Crippen molar-refractivity contribution in [2.45, 2.75) is 26.9 Å². The lowest BCUT2D eigenvalue weighted by Gasteiger charge is -2.20. The Bertz CT molecular complexity index is 435. The van der Waals surface area contributed by atoms with Gasteiger partial charge in [0.2, 0.25) is 5.91 Å². The third kappa shape index (κ3) is 4.83. The van der Waals surface area contributed by atoms with Gasteiger partial charge >= 0.3 is 0 Å². The minimum absolute atomic E-state index is 0.0555. The van der Waals surface area contributed by atoms with Crippen LogP contribution >= 0.6 is 0 Å². The largest absolute Gasteiger partial charge is 0.496 e. The number of methoxy groups -OCH3 is 1. The first kappa shape index (κ1) is 16.5. The highest BCUT2D eigenvalue weighted by molar-refractivity contribution is 5.77. The van der Waals surface area contributed by atoms with Crippen LogP contribution in [0.5, 0.6) is 5.75 Å². The topological polar surface area (TPSA) is 67.6 Å². The first-order chi connectivity index (χ1) is 9.64. The standard InChI is InChI=1S/C15H25N3O2/c1-4-17-15(19)11-18(5-2)10-12-6-7-13(9-16)14(8-12)20-3/h6-8H,4-5,9-11,16H2,1-3H3,(H,17,19). The van der Waals surface area contributed by atoms with Gasteiger partial charge in [0, 0.05) is 25.2 Å². The Morgan fingerprint density at radius 1 is 1.40 bits per heavy atom. The number of amides is 1. The molecule has 0 heterocycles. The van der Waals surface area contributed by atoms with Crippen molar-refractivity contribution >= 4 is 5.91 Å². The van der Waals surface area contributed by atoms with E-state index in [9.17, 15) is 4.79 Å². The summed E-state index contributed by atoms with van der Waals surface area (Å²) in [5.41, 5.74) is 7.76. The number of benzene rings is 1. The summed E-state index contributed by atoms with van der Waals surface area (Å²) >= 11 is 0. The molecule has 5 nitrogen and oxygen atoms in total. The smallest absolute Gasteiger partial charge is 0.234 e. The molecule has 5 heteroatoms. The highest BCUT2D eigenvalue weighted by Gasteiger charge is 2.10. The van der Waals surface area contributed by atoms with Crippen LogP contribution in [0.4, 0.5) is 0 Å². The molecule has 1 aromatic rings. The van der Waals surface area contributed by atoms with E-state index in [1.807, 2.05) is 32.0 Å². The van der Waals surface area contributed by atoms with Gasteiger partial charge < -0.3 is 15.8 Å². The van der Waals surface area contributed by atoms with E-state index in [4.69, 9.17) is 10.5 Å². The van der Waals surface area contributed by atoms with Gasteiger partial charge in [-0.2, -0.15) is 0 Å². The highest BCUT2D eigenvalue weighted by Crippen LogP contribution is 2.20.